The SMILES string of the molecule is c1ccc(NCCCC2CCCO2)cc1. The molecule has 1 N–H and O–H groups in total. The zero-order chi connectivity index (χ0) is 10.3. The minimum Gasteiger partial charge on any atom is -0.385 e. The molecule has 1 saturated heterocycles. The summed E-state index contributed by atoms with van der Waals surface area (Å²) in [6, 6.07) is 10.4. The van der Waals surface area contributed by atoms with Gasteiger partial charge in [0.05, 0.1) is 6.10 Å². The van der Waals surface area contributed by atoms with Gasteiger partial charge >= 0.3 is 0 Å². The van der Waals surface area contributed by atoms with Crippen molar-refractivity contribution in [2.24, 2.45) is 0 Å². The van der Waals surface area contributed by atoms with Crippen molar-refractivity contribution < 1.29 is 4.74 Å². The van der Waals surface area contributed by atoms with Crippen molar-refractivity contribution >= 4 is 5.69 Å². The predicted molar refractivity (Wildman–Crippen MR) is 63.1 cm³/mol. The van der Waals surface area contributed by atoms with Gasteiger partial charge in [0.25, 0.3) is 0 Å². The quantitative estimate of drug-likeness (QED) is 0.746. The van der Waals surface area contributed by atoms with Crippen LogP contribution < -0.4 is 5.32 Å². The molecule has 1 aromatic rings. The second-order valence-electron chi connectivity index (χ2n) is 4.07. The number of benzene rings is 1. The molecule has 2 heteroatoms. The molecule has 1 aliphatic rings. The summed E-state index contributed by atoms with van der Waals surface area (Å²) in [5.41, 5.74) is 1.21. The normalized spacial score (nSPS) is 20.4. The smallest absolute Gasteiger partial charge is 0.0576 e. The van der Waals surface area contributed by atoms with Gasteiger partial charge in [-0.2, -0.15) is 0 Å². The van der Waals surface area contributed by atoms with Crippen molar-refractivity contribution in [1.29, 1.82) is 0 Å². The third kappa shape index (κ3) is 3.56. The molecule has 0 bridgehead atoms. The maximum Gasteiger partial charge on any atom is 0.0576 e. The molecule has 0 aromatic heterocycles. The predicted octanol–water partition coefficient (Wildman–Crippen LogP) is 3.06. The first-order valence-corrected chi connectivity index (χ1v) is 5.86. The van der Waals surface area contributed by atoms with Crippen LogP contribution in [0.15, 0.2) is 30.3 Å². The Kier molecular flexibility index (Phi) is 4.03. The van der Waals surface area contributed by atoms with E-state index in [0.717, 1.165) is 13.2 Å². The third-order valence-electron chi connectivity index (χ3n) is 2.83. The Morgan fingerprint density at radius 3 is 2.87 bits per heavy atom. The maximum absolute atomic E-state index is 5.58. The highest BCUT2D eigenvalue weighted by molar-refractivity contribution is 5.42. The Labute approximate surface area is 91.6 Å². The Morgan fingerprint density at radius 2 is 2.13 bits per heavy atom. The zero-order valence-corrected chi connectivity index (χ0v) is 9.11. The third-order valence-corrected chi connectivity index (χ3v) is 2.83. The highest BCUT2D eigenvalue weighted by atomic mass is 16.5. The molecule has 1 unspecified atom stereocenters. The molecule has 0 saturated carbocycles. The molecule has 1 aliphatic heterocycles. The molecule has 15 heavy (non-hydrogen) atoms. The van der Waals surface area contributed by atoms with E-state index in [1.54, 1.807) is 0 Å². The van der Waals surface area contributed by atoms with E-state index in [2.05, 4.69) is 29.6 Å². The molecular weight excluding hydrogens is 186 g/mol. The second kappa shape index (κ2) is 5.76. The van der Waals surface area contributed by atoms with E-state index in [1.165, 1.54) is 31.4 Å². The van der Waals surface area contributed by atoms with Gasteiger partial charge in [-0.05, 0) is 37.8 Å². The summed E-state index contributed by atoms with van der Waals surface area (Å²) < 4.78 is 5.58. The van der Waals surface area contributed by atoms with E-state index in [4.69, 9.17) is 4.74 Å². The Hall–Kier alpha value is -1.02. The fraction of sp³-hybridized carbons (Fsp3) is 0.538. The number of ether oxygens (including phenoxy) is 1. The van der Waals surface area contributed by atoms with Crippen LogP contribution in [0.4, 0.5) is 5.69 Å². The van der Waals surface area contributed by atoms with Crippen molar-refractivity contribution in [1.82, 2.24) is 0 Å². The maximum atomic E-state index is 5.58. The van der Waals surface area contributed by atoms with E-state index in [9.17, 15) is 0 Å². The summed E-state index contributed by atoms with van der Waals surface area (Å²) in [6.45, 7) is 2.01. The largest absolute Gasteiger partial charge is 0.385 e. The zero-order valence-electron chi connectivity index (χ0n) is 9.11. The monoisotopic (exact) mass is 205 g/mol. The topological polar surface area (TPSA) is 21.3 Å². The number of hydrogen-bond acceptors (Lipinski definition) is 2. The lowest BCUT2D eigenvalue weighted by atomic mass is 10.1. The van der Waals surface area contributed by atoms with Crippen molar-refractivity contribution in [3.05, 3.63) is 30.3 Å². The van der Waals surface area contributed by atoms with Gasteiger partial charge in [-0.3, -0.25) is 0 Å². The lowest BCUT2D eigenvalue weighted by Gasteiger charge is -2.10. The first-order chi connectivity index (χ1) is 7.45. The van der Waals surface area contributed by atoms with Crippen LogP contribution in [0, 0.1) is 0 Å². The van der Waals surface area contributed by atoms with Crippen LogP contribution in [0.3, 0.4) is 0 Å². The van der Waals surface area contributed by atoms with E-state index < -0.39 is 0 Å². The lowest BCUT2D eigenvalue weighted by molar-refractivity contribution is 0.103. The molecule has 0 amide bonds. The summed E-state index contributed by atoms with van der Waals surface area (Å²) in [5, 5.41) is 3.41. The van der Waals surface area contributed by atoms with Gasteiger partial charge in [0.15, 0.2) is 0 Å². The molecular formula is C13H19NO. The van der Waals surface area contributed by atoms with Crippen molar-refractivity contribution in [2.75, 3.05) is 18.5 Å². The average Bonchev–Trinajstić information content (AvgIpc) is 2.79. The molecule has 0 radical (unpaired) electrons. The molecule has 0 spiro atoms. The van der Waals surface area contributed by atoms with Gasteiger partial charge < -0.3 is 10.1 Å². The van der Waals surface area contributed by atoms with E-state index in [0.29, 0.717) is 6.10 Å². The number of rotatable bonds is 5. The van der Waals surface area contributed by atoms with Gasteiger partial charge in [-0.1, -0.05) is 18.2 Å². The fourth-order valence-corrected chi connectivity index (χ4v) is 1.99. The van der Waals surface area contributed by atoms with Crippen molar-refractivity contribution in [3.8, 4) is 0 Å². The van der Waals surface area contributed by atoms with Gasteiger partial charge in [0.1, 0.15) is 0 Å². The number of hydrogen-bond donors (Lipinski definition) is 1. The average molecular weight is 205 g/mol. The highest BCUT2D eigenvalue weighted by Gasteiger charge is 2.14. The first-order valence-electron chi connectivity index (χ1n) is 5.86. The van der Waals surface area contributed by atoms with E-state index in [-0.39, 0.29) is 0 Å². The van der Waals surface area contributed by atoms with Crippen LogP contribution in [0.5, 0.6) is 0 Å². The van der Waals surface area contributed by atoms with E-state index in [1.807, 2.05) is 6.07 Å². The number of anilines is 1. The number of nitrogens with one attached hydrogen (secondary N) is 1. The summed E-state index contributed by atoms with van der Waals surface area (Å²) in [7, 11) is 0. The summed E-state index contributed by atoms with van der Waals surface area (Å²) >= 11 is 0. The van der Waals surface area contributed by atoms with Crippen LogP contribution in [0.25, 0.3) is 0 Å². The molecule has 1 fully saturated rings. The van der Waals surface area contributed by atoms with Crippen LogP contribution in [-0.4, -0.2) is 19.3 Å². The van der Waals surface area contributed by atoms with E-state index >= 15 is 0 Å². The van der Waals surface area contributed by atoms with Crippen LogP contribution in [0.1, 0.15) is 25.7 Å². The second-order valence-corrected chi connectivity index (χ2v) is 4.07. The molecule has 1 atom stereocenters. The minimum absolute atomic E-state index is 0.530. The van der Waals surface area contributed by atoms with Crippen molar-refractivity contribution in [3.63, 3.8) is 0 Å². The Balaban J connectivity index is 1.59. The van der Waals surface area contributed by atoms with Gasteiger partial charge in [-0.25, -0.2) is 0 Å². The van der Waals surface area contributed by atoms with Gasteiger partial charge in [0.2, 0.25) is 0 Å². The molecule has 1 aromatic carbocycles. The summed E-state index contributed by atoms with van der Waals surface area (Å²) in [5.74, 6) is 0. The summed E-state index contributed by atoms with van der Waals surface area (Å²) in [6.07, 6.45) is 5.42. The molecule has 82 valence electrons. The molecule has 2 nitrogen and oxygen atoms in total. The van der Waals surface area contributed by atoms with Crippen LogP contribution in [-0.2, 0) is 4.74 Å². The fourth-order valence-electron chi connectivity index (χ4n) is 1.99. The standard InChI is InChI=1S/C13H19NO/c1-2-6-12(7-3-1)14-10-4-8-13-9-5-11-15-13/h1-3,6-7,13-14H,4-5,8-11H2. The summed E-state index contributed by atoms with van der Waals surface area (Å²) in [4.78, 5) is 0. The lowest BCUT2D eigenvalue weighted by Crippen LogP contribution is -2.08. The number of para-hydroxylation sites is 1. The molecule has 0 aliphatic carbocycles. The minimum atomic E-state index is 0.530. The highest BCUT2D eigenvalue weighted by Crippen LogP contribution is 2.16. The Bertz CT molecular complexity index is 267. The first kappa shape index (κ1) is 10.5. The molecule has 1 heterocycles. The van der Waals surface area contributed by atoms with Crippen LogP contribution >= 0.6 is 0 Å². The Morgan fingerprint density at radius 1 is 1.27 bits per heavy atom. The molecule has 2 rings (SSSR count). The van der Waals surface area contributed by atoms with Gasteiger partial charge in [-0.15, -0.1) is 0 Å². The van der Waals surface area contributed by atoms with Gasteiger partial charge in [0, 0.05) is 18.8 Å². The van der Waals surface area contributed by atoms with Crippen LogP contribution in [0.2, 0.25) is 0 Å². The van der Waals surface area contributed by atoms with Crippen molar-refractivity contribution in [2.45, 2.75) is 31.8 Å².